The van der Waals surface area contributed by atoms with Gasteiger partial charge in [-0.15, -0.1) is 0 Å². The molecule has 0 aromatic carbocycles. The Bertz CT molecular complexity index is 698. The van der Waals surface area contributed by atoms with Crippen LogP contribution in [-0.4, -0.2) is 87.3 Å². The van der Waals surface area contributed by atoms with Crippen LogP contribution in [0, 0.1) is 5.92 Å². The van der Waals surface area contributed by atoms with Crippen LogP contribution in [0.3, 0.4) is 0 Å². The van der Waals surface area contributed by atoms with Crippen LogP contribution in [0.4, 0.5) is 17.6 Å². The van der Waals surface area contributed by atoms with Gasteiger partial charge in [-0.1, -0.05) is 0 Å². The van der Waals surface area contributed by atoms with E-state index in [1.54, 1.807) is 0 Å². The Kier molecular flexibility index (Phi) is 7.93. The Morgan fingerprint density at radius 3 is 2.31 bits per heavy atom. The van der Waals surface area contributed by atoms with Gasteiger partial charge in [0.25, 0.3) is 0 Å². The smallest absolute Gasteiger partial charge is 0.335 e. The van der Waals surface area contributed by atoms with E-state index in [-0.39, 0.29) is 0 Å². The number of anilines is 3. The average Bonchev–Trinajstić information content (AvgIpc) is 3.39. The molecule has 29 heavy (non-hydrogen) atoms. The second-order valence-electron chi connectivity index (χ2n) is 7.08. The summed E-state index contributed by atoms with van der Waals surface area (Å²) < 4.78 is 0. The number of likely N-dealkylation sites (N-methyl/N-ethyl adjacent to an activating group) is 1. The molecule has 1 aliphatic heterocycles. The van der Waals surface area contributed by atoms with Crippen molar-refractivity contribution in [3.05, 3.63) is 6.07 Å². The van der Waals surface area contributed by atoms with Gasteiger partial charge < -0.3 is 41.7 Å². The third kappa shape index (κ3) is 7.00. The standard InChI is InChI=1S/C13H22N6.C4H6O6/c1-15-10-4-5-19(8-10)12-6-11(17-13(14)18-12)16-7-9-2-3-9;5-1(3(7)8)2(6)4(9)10/h6,9-10,15H,2-5,7-8H2,1H3,(H3,14,16,17,18);1-2,5-6H,(H,7,8)(H,9,10)/t10-;/m1./s1. The van der Waals surface area contributed by atoms with Crippen molar-refractivity contribution in [3.63, 3.8) is 0 Å². The third-order valence-electron chi connectivity index (χ3n) is 4.72. The number of aliphatic carboxylic acids is 2. The Hall–Kier alpha value is -2.70. The lowest BCUT2D eigenvalue weighted by molar-refractivity contribution is -0.165. The number of nitrogens with one attached hydrogen (secondary N) is 2. The first-order valence-electron chi connectivity index (χ1n) is 9.33. The minimum absolute atomic E-state index is 0.351. The minimum Gasteiger partial charge on any atom is -0.479 e. The highest BCUT2D eigenvalue weighted by atomic mass is 16.4. The number of carboxylic acid groups (broad SMARTS) is 2. The average molecular weight is 412 g/mol. The number of carboxylic acids is 2. The van der Waals surface area contributed by atoms with Crippen molar-refractivity contribution in [2.75, 3.05) is 42.6 Å². The molecule has 1 aromatic rings. The Morgan fingerprint density at radius 1 is 1.21 bits per heavy atom. The van der Waals surface area contributed by atoms with E-state index in [0.29, 0.717) is 12.0 Å². The van der Waals surface area contributed by atoms with Gasteiger partial charge in [0.2, 0.25) is 5.95 Å². The van der Waals surface area contributed by atoms with Crippen molar-refractivity contribution in [3.8, 4) is 0 Å². The highest BCUT2D eigenvalue weighted by Crippen LogP contribution is 2.29. The molecule has 2 unspecified atom stereocenters. The van der Waals surface area contributed by atoms with Crippen molar-refractivity contribution >= 4 is 29.5 Å². The Labute approximate surface area is 167 Å². The van der Waals surface area contributed by atoms with E-state index >= 15 is 0 Å². The van der Waals surface area contributed by atoms with Gasteiger partial charge in [-0.05, 0) is 32.2 Å². The summed E-state index contributed by atoms with van der Waals surface area (Å²) in [4.78, 5) is 30.4. The fourth-order valence-electron chi connectivity index (χ4n) is 2.75. The van der Waals surface area contributed by atoms with Crippen molar-refractivity contribution in [2.24, 2.45) is 5.92 Å². The molecule has 3 rings (SSSR count). The van der Waals surface area contributed by atoms with E-state index in [0.717, 1.165) is 43.6 Å². The maximum atomic E-state index is 9.77. The fourth-order valence-corrected chi connectivity index (χ4v) is 2.75. The predicted molar refractivity (Wildman–Crippen MR) is 105 cm³/mol. The van der Waals surface area contributed by atoms with Gasteiger partial charge in [-0.25, -0.2) is 9.59 Å². The topological polar surface area (TPSA) is 194 Å². The molecule has 1 aliphatic carbocycles. The van der Waals surface area contributed by atoms with Crippen LogP contribution in [0.5, 0.6) is 0 Å². The molecule has 1 aromatic heterocycles. The molecule has 1 saturated carbocycles. The summed E-state index contributed by atoms with van der Waals surface area (Å²) in [5.41, 5.74) is 5.81. The highest BCUT2D eigenvalue weighted by molar-refractivity contribution is 5.83. The van der Waals surface area contributed by atoms with Gasteiger partial charge in [-0.2, -0.15) is 9.97 Å². The number of carbonyl (C=O) groups is 2. The van der Waals surface area contributed by atoms with Gasteiger partial charge in [0.05, 0.1) is 0 Å². The largest absolute Gasteiger partial charge is 0.479 e. The molecule has 12 nitrogen and oxygen atoms in total. The van der Waals surface area contributed by atoms with E-state index in [4.69, 9.17) is 26.2 Å². The molecule has 0 spiro atoms. The van der Waals surface area contributed by atoms with Gasteiger partial charge in [0, 0.05) is 31.7 Å². The lowest BCUT2D eigenvalue weighted by atomic mass is 10.2. The van der Waals surface area contributed by atoms with Gasteiger partial charge >= 0.3 is 11.9 Å². The first kappa shape index (κ1) is 22.6. The van der Waals surface area contributed by atoms with E-state index in [1.165, 1.54) is 12.8 Å². The van der Waals surface area contributed by atoms with Crippen molar-refractivity contribution in [1.82, 2.24) is 15.3 Å². The minimum atomic E-state index is -2.27. The molecule has 0 bridgehead atoms. The quantitative estimate of drug-likeness (QED) is 0.263. The molecule has 0 amide bonds. The van der Waals surface area contributed by atoms with Crippen LogP contribution in [0.2, 0.25) is 0 Å². The summed E-state index contributed by atoms with van der Waals surface area (Å²) in [7, 11) is 2.01. The summed E-state index contributed by atoms with van der Waals surface area (Å²) in [6, 6.07) is 2.55. The normalized spacial score (nSPS) is 20.4. The van der Waals surface area contributed by atoms with E-state index < -0.39 is 24.1 Å². The number of hydrogen-bond acceptors (Lipinski definition) is 10. The molecular formula is C17H28N6O6. The number of nitrogens with zero attached hydrogens (tertiary/aromatic N) is 3. The summed E-state index contributed by atoms with van der Waals surface area (Å²) >= 11 is 0. The molecule has 1 saturated heterocycles. The number of aromatic nitrogens is 2. The maximum absolute atomic E-state index is 9.77. The summed E-state index contributed by atoms with van der Waals surface area (Å²) in [6.07, 6.45) is -0.729. The van der Waals surface area contributed by atoms with Crippen LogP contribution in [-0.2, 0) is 9.59 Å². The van der Waals surface area contributed by atoms with Crippen molar-refractivity contribution < 1.29 is 30.0 Å². The summed E-state index contributed by atoms with van der Waals surface area (Å²) in [6.45, 7) is 2.99. The lowest BCUT2D eigenvalue weighted by Crippen LogP contribution is -2.39. The van der Waals surface area contributed by atoms with E-state index in [2.05, 4.69) is 25.5 Å². The molecule has 2 aliphatic rings. The molecule has 2 fully saturated rings. The van der Waals surface area contributed by atoms with E-state index in [9.17, 15) is 9.59 Å². The third-order valence-corrected chi connectivity index (χ3v) is 4.72. The van der Waals surface area contributed by atoms with Gasteiger partial charge in [0.1, 0.15) is 11.6 Å². The molecule has 8 N–H and O–H groups in total. The molecule has 162 valence electrons. The maximum Gasteiger partial charge on any atom is 0.335 e. The summed E-state index contributed by atoms with van der Waals surface area (Å²) in [5.74, 6) is -0.584. The summed E-state index contributed by atoms with van der Waals surface area (Å²) in [5, 5.41) is 39.2. The predicted octanol–water partition coefficient (Wildman–Crippen LogP) is -1.44. The number of nitrogens with two attached hydrogens (primary N) is 1. The monoisotopic (exact) mass is 412 g/mol. The molecule has 12 heteroatoms. The van der Waals surface area contributed by atoms with Gasteiger partial charge in [0.15, 0.2) is 12.2 Å². The van der Waals surface area contributed by atoms with Crippen molar-refractivity contribution in [2.45, 2.75) is 37.5 Å². The highest BCUT2D eigenvalue weighted by Gasteiger charge is 2.29. The van der Waals surface area contributed by atoms with Crippen LogP contribution >= 0.6 is 0 Å². The number of aliphatic hydroxyl groups excluding tert-OH is 2. The first-order chi connectivity index (χ1) is 13.7. The number of nitrogen functional groups attached to an aromatic ring is 1. The van der Waals surface area contributed by atoms with Crippen LogP contribution in [0.25, 0.3) is 0 Å². The van der Waals surface area contributed by atoms with Crippen molar-refractivity contribution in [1.29, 1.82) is 0 Å². The molecule has 0 radical (unpaired) electrons. The lowest BCUT2D eigenvalue weighted by Gasteiger charge is -2.18. The molecule has 2 heterocycles. The van der Waals surface area contributed by atoms with Gasteiger partial charge in [-0.3, -0.25) is 0 Å². The van der Waals surface area contributed by atoms with Crippen LogP contribution < -0.4 is 21.3 Å². The number of aliphatic hydroxyl groups is 2. The fraction of sp³-hybridized carbons (Fsp3) is 0.647. The van der Waals surface area contributed by atoms with Crippen LogP contribution in [0.15, 0.2) is 6.07 Å². The van der Waals surface area contributed by atoms with E-state index in [1.807, 2.05) is 13.1 Å². The zero-order valence-corrected chi connectivity index (χ0v) is 16.2. The zero-order chi connectivity index (χ0) is 21.6. The Balaban J connectivity index is 0.000000257. The zero-order valence-electron chi connectivity index (χ0n) is 16.2. The number of hydrogen-bond donors (Lipinski definition) is 7. The first-order valence-corrected chi connectivity index (χ1v) is 9.33. The van der Waals surface area contributed by atoms with Crippen LogP contribution in [0.1, 0.15) is 19.3 Å². The second kappa shape index (κ2) is 10.2. The molecule has 3 atom stereocenters. The number of rotatable bonds is 8. The molecular weight excluding hydrogens is 384 g/mol. The SMILES string of the molecule is CN[C@@H]1CCN(c2cc(NCC3CC3)nc(N)n2)C1.O=C(O)C(O)C(O)C(=O)O. The second-order valence-corrected chi connectivity index (χ2v) is 7.08. The Morgan fingerprint density at radius 2 is 1.83 bits per heavy atom.